The van der Waals surface area contributed by atoms with Crippen LogP contribution in [0.1, 0.15) is 35.2 Å². The number of likely N-dealkylation sites (N-methyl/N-ethyl adjacent to an activating group) is 1. The molecule has 38 heavy (non-hydrogen) atoms. The summed E-state index contributed by atoms with van der Waals surface area (Å²) in [5.41, 5.74) is -3.73. The van der Waals surface area contributed by atoms with Gasteiger partial charge < -0.3 is 19.8 Å². The Morgan fingerprint density at radius 2 is 1.71 bits per heavy atom. The SMILES string of the molecule is CN(C)C(=O)c1ccc(N2CCC([C@@H]3C[C@H]3CN(C)C(=O)[C@](O)(c3ccccc3)C(F)(F)F)CC2)nc1Cl. The number of halogens is 4. The molecule has 1 aromatic carbocycles. The van der Waals surface area contributed by atoms with E-state index in [1.807, 2.05) is 0 Å². The van der Waals surface area contributed by atoms with Gasteiger partial charge in [0.25, 0.3) is 17.4 Å². The van der Waals surface area contributed by atoms with Crippen molar-refractivity contribution in [1.29, 1.82) is 0 Å². The number of carbonyl (C=O) groups is 2. The first kappa shape index (κ1) is 28.2. The number of hydrogen-bond donors (Lipinski definition) is 1. The molecule has 1 saturated heterocycles. The molecule has 1 aliphatic heterocycles. The number of hydrogen-bond acceptors (Lipinski definition) is 5. The summed E-state index contributed by atoms with van der Waals surface area (Å²) in [6, 6.07) is 9.96. The third kappa shape index (κ3) is 5.47. The molecule has 1 saturated carbocycles. The summed E-state index contributed by atoms with van der Waals surface area (Å²) in [5, 5.41) is 10.7. The van der Waals surface area contributed by atoms with Crippen LogP contribution in [-0.2, 0) is 10.4 Å². The van der Waals surface area contributed by atoms with Crippen molar-refractivity contribution in [3.63, 3.8) is 0 Å². The number of benzene rings is 1. The molecule has 2 aliphatic rings. The van der Waals surface area contributed by atoms with Crippen molar-refractivity contribution in [2.45, 2.75) is 31.0 Å². The van der Waals surface area contributed by atoms with Crippen LogP contribution < -0.4 is 4.90 Å². The summed E-state index contributed by atoms with van der Waals surface area (Å²) in [4.78, 5) is 34.1. The van der Waals surface area contributed by atoms with Crippen molar-refractivity contribution in [3.05, 3.63) is 58.7 Å². The Hall–Kier alpha value is -2.85. The summed E-state index contributed by atoms with van der Waals surface area (Å²) in [6.07, 6.45) is -2.55. The quantitative estimate of drug-likeness (QED) is 0.521. The predicted molar refractivity (Wildman–Crippen MR) is 138 cm³/mol. The number of alkyl halides is 3. The van der Waals surface area contributed by atoms with Crippen LogP contribution >= 0.6 is 11.6 Å². The van der Waals surface area contributed by atoms with Gasteiger partial charge in [-0.2, -0.15) is 13.2 Å². The molecule has 1 N–H and O–H groups in total. The van der Waals surface area contributed by atoms with E-state index < -0.39 is 23.2 Å². The minimum absolute atomic E-state index is 0.0951. The molecule has 7 nitrogen and oxygen atoms in total. The average Bonchev–Trinajstić information content (AvgIpc) is 3.66. The van der Waals surface area contributed by atoms with Gasteiger partial charge in [-0.05, 0) is 49.1 Å². The predicted octanol–water partition coefficient (Wildman–Crippen LogP) is 4.20. The Balaban J connectivity index is 1.33. The van der Waals surface area contributed by atoms with Gasteiger partial charge in [-0.1, -0.05) is 41.9 Å². The van der Waals surface area contributed by atoms with E-state index in [9.17, 15) is 27.9 Å². The Bertz CT molecular complexity index is 1170. The molecule has 1 aromatic heterocycles. The Labute approximate surface area is 225 Å². The molecule has 2 fully saturated rings. The van der Waals surface area contributed by atoms with E-state index in [4.69, 9.17) is 11.6 Å². The first-order chi connectivity index (χ1) is 17.8. The molecule has 2 aromatic rings. The molecule has 0 spiro atoms. The fourth-order valence-electron chi connectivity index (χ4n) is 5.41. The maximum Gasteiger partial charge on any atom is 0.430 e. The second kappa shape index (κ2) is 10.7. The van der Waals surface area contributed by atoms with Gasteiger partial charge in [0.2, 0.25) is 0 Å². The lowest BCUT2D eigenvalue weighted by atomic mass is 9.90. The van der Waals surface area contributed by atoms with Crippen LogP contribution in [0.3, 0.4) is 0 Å². The lowest BCUT2D eigenvalue weighted by Gasteiger charge is -2.34. The molecule has 0 unspecified atom stereocenters. The number of nitrogens with zero attached hydrogens (tertiary/aromatic N) is 4. The average molecular weight is 553 g/mol. The summed E-state index contributed by atoms with van der Waals surface area (Å²) in [7, 11) is 4.62. The van der Waals surface area contributed by atoms with Gasteiger partial charge in [-0.25, -0.2) is 4.98 Å². The summed E-state index contributed by atoms with van der Waals surface area (Å²) in [6.45, 7) is 1.65. The molecule has 11 heteroatoms. The van der Waals surface area contributed by atoms with Crippen LogP contribution in [0, 0.1) is 17.8 Å². The normalized spacial score (nSPS) is 21.5. The Morgan fingerprint density at radius 1 is 1.08 bits per heavy atom. The first-order valence-corrected chi connectivity index (χ1v) is 13.0. The highest BCUT2D eigenvalue weighted by molar-refractivity contribution is 6.32. The number of piperidine rings is 1. The molecular formula is C27H32ClF3N4O3. The van der Waals surface area contributed by atoms with Crippen molar-refractivity contribution < 1.29 is 27.9 Å². The van der Waals surface area contributed by atoms with Crippen LogP contribution in [0.15, 0.2) is 42.5 Å². The Morgan fingerprint density at radius 3 is 2.26 bits per heavy atom. The highest BCUT2D eigenvalue weighted by atomic mass is 35.5. The zero-order chi connectivity index (χ0) is 27.8. The minimum atomic E-state index is -5.15. The van der Waals surface area contributed by atoms with Crippen molar-refractivity contribution in [1.82, 2.24) is 14.8 Å². The molecule has 1 aliphatic carbocycles. The van der Waals surface area contributed by atoms with E-state index in [-0.39, 0.29) is 23.5 Å². The number of aliphatic hydroxyl groups is 1. The molecule has 2 heterocycles. The second-order valence-corrected chi connectivity index (χ2v) is 10.8. The lowest BCUT2D eigenvalue weighted by molar-refractivity contribution is -0.261. The molecule has 0 bridgehead atoms. The largest absolute Gasteiger partial charge is 0.430 e. The third-order valence-electron chi connectivity index (χ3n) is 7.68. The van der Waals surface area contributed by atoms with E-state index in [1.54, 1.807) is 26.2 Å². The monoisotopic (exact) mass is 552 g/mol. The summed E-state index contributed by atoms with van der Waals surface area (Å²) in [5.74, 6) is -0.0733. The summed E-state index contributed by atoms with van der Waals surface area (Å²) >= 11 is 6.26. The van der Waals surface area contributed by atoms with Gasteiger partial charge in [-0.15, -0.1) is 0 Å². The Kier molecular flexibility index (Phi) is 7.95. The molecule has 3 atom stereocenters. The maximum atomic E-state index is 13.9. The number of aromatic nitrogens is 1. The van der Waals surface area contributed by atoms with Gasteiger partial charge in [0.05, 0.1) is 5.56 Å². The molecule has 2 amide bonds. The number of rotatable bonds is 7. The number of amides is 2. The zero-order valence-corrected chi connectivity index (χ0v) is 22.3. The minimum Gasteiger partial charge on any atom is -0.369 e. The van der Waals surface area contributed by atoms with E-state index >= 15 is 0 Å². The highest BCUT2D eigenvalue weighted by Gasteiger charge is 2.62. The van der Waals surface area contributed by atoms with Crippen LogP contribution in [0.25, 0.3) is 0 Å². The number of carbonyl (C=O) groups excluding carboxylic acids is 2. The molecule has 4 rings (SSSR count). The van der Waals surface area contributed by atoms with E-state index in [0.717, 1.165) is 49.4 Å². The highest BCUT2D eigenvalue weighted by Crippen LogP contribution is 2.49. The van der Waals surface area contributed by atoms with Gasteiger partial charge in [0, 0.05) is 46.3 Å². The van der Waals surface area contributed by atoms with Crippen molar-refractivity contribution in [3.8, 4) is 0 Å². The smallest absolute Gasteiger partial charge is 0.369 e. The van der Waals surface area contributed by atoms with Crippen LogP contribution in [0.4, 0.5) is 19.0 Å². The fourth-order valence-corrected chi connectivity index (χ4v) is 5.65. The number of anilines is 1. The van der Waals surface area contributed by atoms with Gasteiger partial charge in [-0.3, -0.25) is 9.59 Å². The molecular weight excluding hydrogens is 521 g/mol. The topological polar surface area (TPSA) is 77.0 Å². The van der Waals surface area contributed by atoms with Gasteiger partial charge >= 0.3 is 6.18 Å². The van der Waals surface area contributed by atoms with Crippen LogP contribution in [-0.4, -0.2) is 78.7 Å². The van der Waals surface area contributed by atoms with Crippen LogP contribution in [0.5, 0.6) is 0 Å². The van der Waals surface area contributed by atoms with Crippen molar-refractivity contribution in [2.75, 3.05) is 45.7 Å². The first-order valence-electron chi connectivity index (χ1n) is 12.6. The standard InChI is InChI=1S/C27H32ClF3N4O3/c1-33(2)24(36)20-9-10-22(32-23(20)28)35-13-11-17(12-14-35)21-15-18(21)16-34(3)25(37)26(38,27(29,30)31)19-7-5-4-6-8-19/h4-10,17-18,21,38H,11-16H2,1-3H3/t18-,21-,26+/m0/s1. The van der Waals surface area contributed by atoms with E-state index in [0.29, 0.717) is 23.2 Å². The van der Waals surface area contributed by atoms with E-state index in [1.165, 1.54) is 30.1 Å². The summed E-state index contributed by atoms with van der Waals surface area (Å²) < 4.78 is 41.7. The molecule has 0 radical (unpaired) electrons. The third-order valence-corrected chi connectivity index (χ3v) is 7.97. The van der Waals surface area contributed by atoms with Crippen molar-refractivity contribution in [2.24, 2.45) is 17.8 Å². The van der Waals surface area contributed by atoms with E-state index in [2.05, 4.69) is 9.88 Å². The maximum absolute atomic E-state index is 13.9. The lowest BCUT2D eigenvalue weighted by Crippen LogP contribution is -2.55. The van der Waals surface area contributed by atoms with Crippen molar-refractivity contribution >= 4 is 29.2 Å². The second-order valence-electron chi connectivity index (χ2n) is 10.5. The van der Waals surface area contributed by atoms with Gasteiger partial charge in [0.1, 0.15) is 11.0 Å². The molecule has 206 valence electrons. The fraction of sp³-hybridized carbons (Fsp3) is 0.519. The van der Waals surface area contributed by atoms with Gasteiger partial charge in [0.15, 0.2) is 0 Å². The van der Waals surface area contributed by atoms with Crippen LogP contribution in [0.2, 0.25) is 5.15 Å². The zero-order valence-electron chi connectivity index (χ0n) is 21.6. The number of pyridine rings is 1.